The van der Waals surface area contributed by atoms with E-state index in [0.717, 1.165) is 16.2 Å². The van der Waals surface area contributed by atoms with Gasteiger partial charge >= 0.3 is 11.0 Å². The van der Waals surface area contributed by atoms with E-state index >= 15 is 0 Å². The molecule has 0 atom stereocenters. The van der Waals surface area contributed by atoms with Gasteiger partial charge in [0.2, 0.25) is 0 Å². The van der Waals surface area contributed by atoms with E-state index in [1.54, 1.807) is 13.0 Å². The lowest BCUT2D eigenvalue weighted by Crippen LogP contribution is -2.23. The lowest BCUT2D eigenvalue weighted by Gasteiger charge is -2.02. The van der Waals surface area contributed by atoms with Gasteiger partial charge in [-0.3, -0.25) is 14.9 Å². The van der Waals surface area contributed by atoms with Crippen molar-refractivity contribution in [1.82, 2.24) is 5.32 Å². The van der Waals surface area contributed by atoms with Crippen LogP contribution >= 0.6 is 11.3 Å². The number of thiophene rings is 1. The summed E-state index contributed by atoms with van der Waals surface area (Å²) in [6.45, 7) is 2.63. The summed E-state index contributed by atoms with van der Waals surface area (Å²) in [5, 5.41) is 13.4. The molecule has 1 heterocycles. The Kier molecular flexibility index (Phi) is 4.87. The fraction of sp³-hybridized carbons (Fsp3) is 0.444. The van der Waals surface area contributed by atoms with E-state index in [1.807, 2.05) is 0 Å². The number of nitro groups is 1. The molecule has 0 aromatic carbocycles. The maximum Gasteiger partial charge on any atom is 0.324 e. The molecule has 0 saturated carbocycles. The third-order valence-corrected chi connectivity index (χ3v) is 2.74. The van der Waals surface area contributed by atoms with Crippen LogP contribution < -0.4 is 5.32 Å². The number of hydrogen-bond donors (Lipinski definition) is 1. The van der Waals surface area contributed by atoms with Crippen molar-refractivity contribution in [3.05, 3.63) is 27.1 Å². The number of nitrogens with one attached hydrogen (secondary N) is 1. The fourth-order valence-corrected chi connectivity index (χ4v) is 1.85. The van der Waals surface area contributed by atoms with Crippen molar-refractivity contribution in [2.24, 2.45) is 0 Å². The normalized spacial score (nSPS) is 10.1. The molecule has 6 nitrogen and oxygen atoms in total. The van der Waals surface area contributed by atoms with E-state index in [9.17, 15) is 14.9 Å². The predicted molar refractivity (Wildman–Crippen MR) is 59.3 cm³/mol. The summed E-state index contributed by atoms with van der Waals surface area (Å²) >= 11 is 1.09. The summed E-state index contributed by atoms with van der Waals surface area (Å²) in [7, 11) is 0. The summed E-state index contributed by atoms with van der Waals surface area (Å²) in [6.07, 6.45) is 0. The molecule has 1 N–H and O–H groups in total. The minimum Gasteiger partial charge on any atom is -0.465 e. The Labute approximate surface area is 96.4 Å². The zero-order valence-corrected chi connectivity index (χ0v) is 9.58. The highest BCUT2D eigenvalue weighted by atomic mass is 32.1. The van der Waals surface area contributed by atoms with E-state index in [2.05, 4.69) is 5.32 Å². The second-order valence-corrected chi connectivity index (χ2v) is 4.05. The van der Waals surface area contributed by atoms with E-state index in [0.29, 0.717) is 13.2 Å². The summed E-state index contributed by atoms with van der Waals surface area (Å²) in [4.78, 5) is 21.7. The number of ether oxygens (including phenoxy) is 1. The maximum absolute atomic E-state index is 11.0. The van der Waals surface area contributed by atoms with Crippen LogP contribution in [0, 0.1) is 10.1 Å². The highest BCUT2D eigenvalue weighted by Gasteiger charge is 2.09. The van der Waals surface area contributed by atoms with Crippen LogP contribution in [0.4, 0.5) is 5.00 Å². The SMILES string of the molecule is CCOC(=O)CNCc1ccc([N+](=O)[O-])s1. The van der Waals surface area contributed by atoms with Gasteiger partial charge in [0.1, 0.15) is 0 Å². The van der Waals surface area contributed by atoms with Crippen LogP contribution in [0.3, 0.4) is 0 Å². The molecule has 0 bridgehead atoms. The second kappa shape index (κ2) is 6.19. The zero-order chi connectivity index (χ0) is 12.0. The van der Waals surface area contributed by atoms with E-state index in [-0.39, 0.29) is 17.5 Å². The van der Waals surface area contributed by atoms with Gasteiger partial charge in [0.25, 0.3) is 0 Å². The molecule has 0 aliphatic heterocycles. The summed E-state index contributed by atoms with van der Waals surface area (Å²) in [5.41, 5.74) is 0. The van der Waals surface area contributed by atoms with Crippen molar-refractivity contribution in [2.45, 2.75) is 13.5 Å². The topological polar surface area (TPSA) is 81.5 Å². The molecule has 0 fully saturated rings. The van der Waals surface area contributed by atoms with Crippen LogP contribution in [0.25, 0.3) is 0 Å². The monoisotopic (exact) mass is 244 g/mol. The summed E-state index contributed by atoms with van der Waals surface area (Å²) in [6, 6.07) is 3.12. The van der Waals surface area contributed by atoms with Crippen LogP contribution in [-0.2, 0) is 16.1 Å². The third-order valence-electron chi connectivity index (χ3n) is 1.70. The first-order valence-electron chi connectivity index (χ1n) is 4.73. The largest absolute Gasteiger partial charge is 0.465 e. The molecule has 0 spiro atoms. The number of carbonyl (C=O) groups is 1. The second-order valence-electron chi connectivity index (χ2n) is 2.91. The van der Waals surface area contributed by atoms with Gasteiger partial charge in [-0.1, -0.05) is 11.3 Å². The zero-order valence-electron chi connectivity index (χ0n) is 8.76. The Morgan fingerprint density at radius 2 is 2.38 bits per heavy atom. The number of nitrogens with zero attached hydrogens (tertiary/aromatic N) is 1. The predicted octanol–water partition coefficient (Wildman–Crippen LogP) is 1.31. The number of esters is 1. The number of rotatable bonds is 6. The lowest BCUT2D eigenvalue weighted by molar-refractivity contribution is -0.380. The van der Waals surface area contributed by atoms with Crippen LogP contribution in [0.2, 0.25) is 0 Å². The van der Waals surface area contributed by atoms with Crippen molar-refractivity contribution in [2.75, 3.05) is 13.2 Å². The van der Waals surface area contributed by atoms with Gasteiger partial charge < -0.3 is 10.1 Å². The first-order chi connectivity index (χ1) is 7.63. The van der Waals surface area contributed by atoms with Gasteiger partial charge in [-0.05, 0) is 13.0 Å². The lowest BCUT2D eigenvalue weighted by atomic mass is 10.4. The Balaban J connectivity index is 2.32. The number of hydrogen-bond acceptors (Lipinski definition) is 6. The molecular formula is C9H12N2O4S. The quantitative estimate of drug-likeness (QED) is 0.463. The van der Waals surface area contributed by atoms with Gasteiger partial charge in [0, 0.05) is 17.5 Å². The fourth-order valence-electron chi connectivity index (χ4n) is 1.06. The minimum absolute atomic E-state index is 0.105. The Bertz CT molecular complexity index is 377. The van der Waals surface area contributed by atoms with Crippen LogP contribution in [0.15, 0.2) is 12.1 Å². The Morgan fingerprint density at radius 1 is 1.62 bits per heavy atom. The first-order valence-corrected chi connectivity index (χ1v) is 5.54. The van der Waals surface area contributed by atoms with Crippen LogP contribution in [-0.4, -0.2) is 24.0 Å². The molecule has 0 unspecified atom stereocenters. The molecule has 1 aromatic heterocycles. The minimum atomic E-state index is -0.431. The molecule has 0 radical (unpaired) electrons. The summed E-state index contributed by atoms with van der Waals surface area (Å²) < 4.78 is 4.72. The molecule has 1 rings (SSSR count). The number of carbonyl (C=O) groups excluding carboxylic acids is 1. The van der Waals surface area contributed by atoms with Gasteiger partial charge in [-0.2, -0.15) is 0 Å². The Hall–Kier alpha value is -1.47. The van der Waals surface area contributed by atoms with E-state index in [4.69, 9.17) is 4.74 Å². The molecule has 0 aliphatic rings. The van der Waals surface area contributed by atoms with Gasteiger partial charge in [0.15, 0.2) is 0 Å². The molecule has 0 amide bonds. The first kappa shape index (κ1) is 12.6. The molecule has 0 aliphatic carbocycles. The molecule has 0 saturated heterocycles. The Morgan fingerprint density at radius 3 is 2.94 bits per heavy atom. The maximum atomic E-state index is 11.0. The highest BCUT2D eigenvalue weighted by molar-refractivity contribution is 7.15. The molecule has 16 heavy (non-hydrogen) atoms. The van der Waals surface area contributed by atoms with Gasteiger partial charge in [-0.15, -0.1) is 0 Å². The van der Waals surface area contributed by atoms with Gasteiger partial charge in [-0.25, -0.2) is 0 Å². The average Bonchev–Trinajstić information content (AvgIpc) is 2.67. The van der Waals surface area contributed by atoms with Crippen molar-refractivity contribution >= 4 is 22.3 Å². The molecule has 7 heteroatoms. The van der Waals surface area contributed by atoms with Crippen LogP contribution in [0.5, 0.6) is 0 Å². The van der Waals surface area contributed by atoms with Crippen molar-refractivity contribution in [1.29, 1.82) is 0 Å². The molecule has 1 aromatic rings. The highest BCUT2D eigenvalue weighted by Crippen LogP contribution is 2.23. The standard InChI is InChI=1S/C9H12N2O4S/c1-2-15-9(12)6-10-5-7-3-4-8(16-7)11(13)14/h3-4,10H,2,5-6H2,1H3. The molecular weight excluding hydrogens is 232 g/mol. The van der Waals surface area contributed by atoms with Crippen LogP contribution in [0.1, 0.15) is 11.8 Å². The van der Waals surface area contributed by atoms with Crippen molar-refractivity contribution < 1.29 is 14.5 Å². The van der Waals surface area contributed by atoms with Gasteiger partial charge in [0.05, 0.1) is 18.1 Å². The van der Waals surface area contributed by atoms with Crippen molar-refractivity contribution in [3.63, 3.8) is 0 Å². The van der Waals surface area contributed by atoms with E-state index in [1.165, 1.54) is 6.07 Å². The smallest absolute Gasteiger partial charge is 0.324 e. The molecule has 88 valence electrons. The third kappa shape index (κ3) is 3.95. The summed E-state index contributed by atoms with van der Waals surface area (Å²) in [5.74, 6) is -0.325. The average molecular weight is 244 g/mol. The van der Waals surface area contributed by atoms with Crippen molar-refractivity contribution in [3.8, 4) is 0 Å². The van der Waals surface area contributed by atoms with E-state index < -0.39 is 4.92 Å².